The minimum atomic E-state index is 0.488. The molecule has 1 unspecified atom stereocenters. The lowest BCUT2D eigenvalue weighted by atomic mass is 10.1. The van der Waals surface area contributed by atoms with Crippen LogP contribution in [0.2, 0.25) is 0 Å². The van der Waals surface area contributed by atoms with Crippen LogP contribution in [-0.2, 0) is 12.8 Å². The van der Waals surface area contributed by atoms with Crippen LogP contribution in [0.15, 0.2) is 17.1 Å². The molecule has 0 bridgehead atoms. The highest BCUT2D eigenvalue weighted by molar-refractivity contribution is 5.83. The van der Waals surface area contributed by atoms with E-state index < -0.39 is 0 Å². The smallest absolute Gasteiger partial charge is 0.0965 e. The van der Waals surface area contributed by atoms with Gasteiger partial charge in [0.05, 0.1) is 17.2 Å². The highest BCUT2D eigenvalue weighted by Gasteiger charge is 2.19. The number of anilines is 1. The number of nitrogens with zero attached hydrogens (tertiary/aromatic N) is 1. The van der Waals surface area contributed by atoms with Crippen LogP contribution >= 0.6 is 0 Å². The lowest BCUT2D eigenvalue weighted by Gasteiger charge is -2.08. The highest BCUT2D eigenvalue weighted by atomic mass is 16.5. The molecular weight excluding hydrogens is 202 g/mol. The summed E-state index contributed by atoms with van der Waals surface area (Å²) >= 11 is 0. The van der Waals surface area contributed by atoms with E-state index in [-0.39, 0.29) is 0 Å². The van der Waals surface area contributed by atoms with Crippen molar-refractivity contribution in [1.82, 2.24) is 0 Å². The van der Waals surface area contributed by atoms with Gasteiger partial charge in [-0.15, -0.1) is 0 Å². The van der Waals surface area contributed by atoms with Crippen molar-refractivity contribution in [3.63, 3.8) is 0 Å². The summed E-state index contributed by atoms with van der Waals surface area (Å²) in [5, 5.41) is 9.07. The van der Waals surface area contributed by atoms with Gasteiger partial charge in [0, 0.05) is 0 Å². The molecule has 0 radical (unpaired) electrons. The number of fused-ring (bicyclic) bond motifs is 1. The fraction of sp³-hybridized carbons (Fsp3) is 0.417. The van der Waals surface area contributed by atoms with Crippen molar-refractivity contribution >= 4 is 17.2 Å². The van der Waals surface area contributed by atoms with E-state index in [1.54, 1.807) is 6.92 Å². The zero-order chi connectivity index (χ0) is 11.7. The molecule has 1 aliphatic rings. The molecule has 0 saturated carbocycles. The van der Waals surface area contributed by atoms with Gasteiger partial charge in [-0.3, -0.25) is 10.7 Å². The van der Waals surface area contributed by atoms with E-state index in [4.69, 9.17) is 10.9 Å². The molecular formula is C12H17N3O. The number of aliphatic imine (C=N–C) groups is 1. The molecule has 0 aliphatic heterocycles. The Labute approximate surface area is 95.1 Å². The molecule has 0 aromatic heterocycles. The Morgan fingerprint density at radius 2 is 2.06 bits per heavy atom. The first-order chi connectivity index (χ1) is 7.60. The van der Waals surface area contributed by atoms with Crippen molar-refractivity contribution in [2.24, 2.45) is 16.6 Å². The van der Waals surface area contributed by atoms with Gasteiger partial charge >= 0.3 is 0 Å². The molecule has 1 aromatic rings. The average molecular weight is 219 g/mol. The van der Waals surface area contributed by atoms with Crippen LogP contribution in [0.3, 0.4) is 0 Å². The van der Waals surface area contributed by atoms with Crippen LogP contribution in [0.1, 0.15) is 25.0 Å². The van der Waals surface area contributed by atoms with Crippen LogP contribution in [0.5, 0.6) is 0 Å². The predicted octanol–water partition coefficient (Wildman–Crippen LogP) is 2.23. The molecule has 0 amide bonds. The Morgan fingerprint density at radius 3 is 2.62 bits per heavy atom. The van der Waals surface area contributed by atoms with Gasteiger partial charge < -0.3 is 5.73 Å². The SMILES string of the molecule is CC(N)=Nc1cc2c(cc1NO)CC(C)C2. The van der Waals surface area contributed by atoms with E-state index in [2.05, 4.69) is 17.4 Å². The first kappa shape index (κ1) is 11.0. The first-order valence-electron chi connectivity index (χ1n) is 5.47. The van der Waals surface area contributed by atoms with Crippen molar-refractivity contribution in [2.75, 3.05) is 5.48 Å². The van der Waals surface area contributed by atoms with E-state index >= 15 is 0 Å². The van der Waals surface area contributed by atoms with E-state index in [0.717, 1.165) is 12.8 Å². The van der Waals surface area contributed by atoms with Crippen LogP contribution in [-0.4, -0.2) is 11.0 Å². The average Bonchev–Trinajstić information content (AvgIpc) is 2.55. The second-order valence-corrected chi connectivity index (χ2v) is 4.52. The number of hydrogen-bond acceptors (Lipinski definition) is 3. The molecule has 16 heavy (non-hydrogen) atoms. The van der Waals surface area contributed by atoms with Crippen molar-refractivity contribution < 1.29 is 5.21 Å². The molecule has 86 valence electrons. The molecule has 2 rings (SSSR count). The molecule has 4 heteroatoms. The van der Waals surface area contributed by atoms with E-state index in [1.807, 2.05) is 12.1 Å². The molecule has 4 nitrogen and oxygen atoms in total. The highest BCUT2D eigenvalue weighted by Crippen LogP contribution is 2.35. The molecule has 1 aliphatic carbocycles. The van der Waals surface area contributed by atoms with Crippen LogP contribution in [0, 0.1) is 5.92 Å². The van der Waals surface area contributed by atoms with Gasteiger partial charge in [0.1, 0.15) is 0 Å². The summed E-state index contributed by atoms with van der Waals surface area (Å²) in [7, 11) is 0. The van der Waals surface area contributed by atoms with Gasteiger partial charge in [-0.1, -0.05) is 6.92 Å². The summed E-state index contributed by atoms with van der Waals surface area (Å²) in [6.07, 6.45) is 2.14. The second-order valence-electron chi connectivity index (χ2n) is 4.52. The summed E-state index contributed by atoms with van der Waals surface area (Å²) in [5.41, 5.74) is 11.7. The lowest BCUT2D eigenvalue weighted by molar-refractivity contribution is 0.389. The summed E-state index contributed by atoms with van der Waals surface area (Å²) in [4.78, 5) is 4.20. The van der Waals surface area contributed by atoms with Crippen molar-refractivity contribution in [1.29, 1.82) is 0 Å². The van der Waals surface area contributed by atoms with Gasteiger partial charge in [-0.25, -0.2) is 4.99 Å². The topological polar surface area (TPSA) is 70.6 Å². The van der Waals surface area contributed by atoms with Gasteiger partial charge in [0.15, 0.2) is 0 Å². The number of benzene rings is 1. The summed E-state index contributed by atoms with van der Waals surface area (Å²) in [5.74, 6) is 1.15. The fourth-order valence-electron chi connectivity index (χ4n) is 2.25. The molecule has 0 saturated heterocycles. The summed E-state index contributed by atoms with van der Waals surface area (Å²) < 4.78 is 0. The predicted molar refractivity (Wildman–Crippen MR) is 65.4 cm³/mol. The molecule has 0 heterocycles. The minimum absolute atomic E-state index is 0.488. The Bertz CT molecular complexity index is 436. The van der Waals surface area contributed by atoms with Crippen molar-refractivity contribution in [2.45, 2.75) is 26.7 Å². The second kappa shape index (κ2) is 4.14. The summed E-state index contributed by atoms with van der Waals surface area (Å²) in [6.45, 7) is 3.96. The third kappa shape index (κ3) is 2.02. The number of nitrogens with one attached hydrogen (secondary N) is 1. The number of hydrogen-bond donors (Lipinski definition) is 3. The Hall–Kier alpha value is -1.55. The standard InChI is InChI=1S/C12H17N3O/c1-7-3-9-5-11(14-8(2)13)12(15-16)6-10(9)4-7/h5-7,15-16H,3-4H2,1-2H3,(H2,13,14). The zero-order valence-electron chi connectivity index (χ0n) is 9.62. The quantitative estimate of drug-likeness (QED) is 0.406. The summed E-state index contributed by atoms with van der Waals surface area (Å²) in [6, 6.07) is 3.97. The van der Waals surface area contributed by atoms with Gasteiger partial charge in [-0.2, -0.15) is 0 Å². The maximum atomic E-state index is 9.07. The molecule has 1 aromatic carbocycles. The van der Waals surface area contributed by atoms with E-state index in [0.29, 0.717) is 23.1 Å². The zero-order valence-corrected chi connectivity index (χ0v) is 9.62. The minimum Gasteiger partial charge on any atom is -0.387 e. The molecule has 0 fully saturated rings. The Morgan fingerprint density at radius 1 is 1.44 bits per heavy atom. The largest absolute Gasteiger partial charge is 0.387 e. The van der Waals surface area contributed by atoms with Gasteiger partial charge in [0.25, 0.3) is 0 Å². The maximum absolute atomic E-state index is 9.07. The van der Waals surface area contributed by atoms with Crippen LogP contribution < -0.4 is 11.2 Å². The third-order valence-electron chi connectivity index (χ3n) is 2.87. The molecule has 4 N–H and O–H groups in total. The van der Waals surface area contributed by atoms with Gasteiger partial charge in [0.2, 0.25) is 0 Å². The fourth-order valence-corrected chi connectivity index (χ4v) is 2.25. The van der Waals surface area contributed by atoms with E-state index in [1.165, 1.54) is 11.1 Å². The van der Waals surface area contributed by atoms with E-state index in [9.17, 15) is 0 Å². The Kier molecular flexibility index (Phi) is 2.83. The lowest BCUT2D eigenvalue weighted by Crippen LogP contribution is -2.04. The van der Waals surface area contributed by atoms with Crippen molar-refractivity contribution in [3.8, 4) is 0 Å². The van der Waals surface area contributed by atoms with Gasteiger partial charge in [-0.05, 0) is 48.9 Å². The first-order valence-corrected chi connectivity index (χ1v) is 5.47. The number of rotatable bonds is 2. The Balaban J connectivity index is 2.46. The van der Waals surface area contributed by atoms with Crippen LogP contribution in [0.25, 0.3) is 0 Å². The van der Waals surface area contributed by atoms with Crippen molar-refractivity contribution in [3.05, 3.63) is 23.3 Å². The third-order valence-corrected chi connectivity index (χ3v) is 2.87. The number of amidine groups is 1. The molecule has 1 atom stereocenters. The van der Waals surface area contributed by atoms with Crippen LogP contribution in [0.4, 0.5) is 11.4 Å². The monoisotopic (exact) mass is 219 g/mol. The molecule has 0 spiro atoms. The normalized spacial score (nSPS) is 19.7. The maximum Gasteiger partial charge on any atom is 0.0965 e. The number of nitrogens with two attached hydrogens (primary N) is 1.